The molecule has 0 spiro atoms. The summed E-state index contributed by atoms with van der Waals surface area (Å²) in [7, 11) is 0. The third-order valence-electron chi connectivity index (χ3n) is 8.05. The lowest BCUT2D eigenvalue weighted by molar-refractivity contribution is -0.141. The minimum Gasteiger partial charge on any atom is -0.494 e. The summed E-state index contributed by atoms with van der Waals surface area (Å²) in [4.78, 5) is 35.0. The SMILES string of the molecule is C=CC(=O)OCCCCCCOc1ccc2c(c1)C(C)c1cc(OC(=O)c3ccc(OCCCCCCOC(=O)C(=C)F)cc3)ccc1-2. The van der Waals surface area contributed by atoms with Crippen LogP contribution in [0.3, 0.4) is 0 Å². The van der Waals surface area contributed by atoms with Crippen molar-refractivity contribution in [2.75, 3.05) is 26.4 Å². The van der Waals surface area contributed by atoms with Gasteiger partial charge in [-0.25, -0.2) is 14.4 Å². The molecular formula is C39H43FO8. The third-order valence-corrected chi connectivity index (χ3v) is 8.05. The molecule has 1 atom stereocenters. The van der Waals surface area contributed by atoms with E-state index in [1.807, 2.05) is 24.3 Å². The first-order chi connectivity index (χ1) is 23.3. The topological polar surface area (TPSA) is 97.4 Å². The summed E-state index contributed by atoms with van der Waals surface area (Å²) in [5, 5.41) is 0. The second kappa shape index (κ2) is 18.4. The molecule has 0 radical (unpaired) electrons. The summed E-state index contributed by atoms with van der Waals surface area (Å²) in [6.07, 6.45) is 8.01. The molecule has 3 aromatic carbocycles. The number of carbonyl (C=O) groups is 3. The maximum atomic E-state index is 12.9. The highest BCUT2D eigenvalue weighted by atomic mass is 19.1. The maximum absolute atomic E-state index is 12.9. The van der Waals surface area contributed by atoms with Crippen LogP contribution in [-0.4, -0.2) is 44.3 Å². The van der Waals surface area contributed by atoms with Gasteiger partial charge in [-0.3, -0.25) is 0 Å². The molecule has 8 nitrogen and oxygen atoms in total. The molecule has 3 aromatic rings. The van der Waals surface area contributed by atoms with Gasteiger partial charge >= 0.3 is 17.9 Å². The molecule has 0 amide bonds. The van der Waals surface area contributed by atoms with Crippen LogP contribution in [-0.2, 0) is 19.1 Å². The Morgan fingerprint density at radius 2 is 1.19 bits per heavy atom. The molecule has 0 aromatic heterocycles. The van der Waals surface area contributed by atoms with Crippen molar-refractivity contribution in [1.29, 1.82) is 0 Å². The van der Waals surface area contributed by atoms with E-state index in [-0.39, 0.29) is 18.5 Å². The number of hydrogen-bond donors (Lipinski definition) is 0. The highest BCUT2D eigenvalue weighted by molar-refractivity contribution is 5.91. The summed E-state index contributed by atoms with van der Waals surface area (Å²) >= 11 is 0. The molecule has 9 heteroatoms. The summed E-state index contributed by atoms with van der Waals surface area (Å²) < 4.78 is 39.8. The summed E-state index contributed by atoms with van der Waals surface area (Å²) in [5.74, 6) is -0.850. The number of benzene rings is 3. The Balaban J connectivity index is 1.18. The van der Waals surface area contributed by atoms with Crippen LogP contribution in [0.2, 0.25) is 0 Å². The third kappa shape index (κ3) is 10.6. The standard InChI is InChI=1S/C39H43FO8/c1-4-37(41)46-23-11-7-5-10-22-45-31-17-19-33-34-20-18-32(26-36(34)27(2)35(33)25-31)48-39(43)29-13-15-30(16-14-29)44-21-9-6-8-12-24-47-38(42)28(3)40/h4,13-20,25-27H,1,3,5-12,21-24H2,2H3. The van der Waals surface area contributed by atoms with Gasteiger partial charge in [0.2, 0.25) is 5.83 Å². The lowest BCUT2D eigenvalue weighted by Crippen LogP contribution is -2.09. The number of halogens is 1. The molecule has 0 N–H and O–H groups in total. The normalized spacial score (nSPS) is 12.8. The zero-order valence-corrected chi connectivity index (χ0v) is 27.5. The van der Waals surface area contributed by atoms with Crippen molar-refractivity contribution in [2.45, 2.75) is 64.2 Å². The van der Waals surface area contributed by atoms with E-state index in [1.165, 1.54) is 11.6 Å². The van der Waals surface area contributed by atoms with Crippen molar-refractivity contribution < 1.29 is 42.5 Å². The van der Waals surface area contributed by atoms with E-state index in [4.69, 9.17) is 23.7 Å². The van der Waals surface area contributed by atoms with Crippen molar-refractivity contribution in [3.05, 3.63) is 102 Å². The Morgan fingerprint density at radius 3 is 1.77 bits per heavy atom. The second-order valence-corrected chi connectivity index (χ2v) is 11.6. The number of hydrogen-bond acceptors (Lipinski definition) is 8. The van der Waals surface area contributed by atoms with Crippen molar-refractivity contribution >= 4 is 17.9 Å². The van der Waals surface area contributed by atoms with Gasteiger partial charge in [-0.2, -0.15) is 4.39 Å². The van der Waals surface area contributed by atoms with Gasteiger partial charge in [0, 0.05) is 12.0 Å². The van der Waals surface area contributed by atoms with Crippen molar-refractivity contribution in [3.63, 3.8) is 0 Å². The minimum atomic E-state index is -1.09. The van der Waals surface area contributed by atoms with Gasteiger partial charge in [0.15, 0.2) is 0 Å². The lowest BCUT2D eigenvalue weighted by atomic mass is 9.99. The molecule has 0 saturated heterocycles. The van der Waals surface area contributed by atoms with Crippen molar-refractivity contribution in [3.8, 4) is 28.4 Å². The Morgan fingerprint density at radius 1 is 0.688 bits per heavy atom. The number of fused-ring (bicyclic) bond motifs is 3. The summed E-state index contributed by atoms with van der Waals surface area (Å²) in [6.45, 7) is 10.1. The molecule has 0 fully saturated rings. The van der Waals surface area contributed by atoms with Crippen molar-refractivity contribution in [2.24, 2.45) is 0 Å². The van der Waals surface area contributed by atoms with E-state index in [0.29, 0.717) is 43.3 Å². The monoisotopic (exact) mass is 658 g/mol. The fourth-order valence-corrected chi connectivity index (χ4v) is 5.43. The molecule has 0 bridgehead atoms. The van der Waals surface area contributed by atoms with Gasteiger partial charge in [0.05, 0.1) is 32.0 Å². The molecule has 0 heterocycles. The predicted molar refractivity (Wildman–Crippen MR) is 181 cm³/mol. The number of rotatable bonds is 20. The van der Waals surface area contributed by atoms with Gasteiger partial charge in [-0.15, -0.1) is 0 Å². The molecule has 4 rings (SSSR count). The fourth-order valence-electron chi connectivity index (χ4n) is 5.43. The average molecular weight is 659 g/mol. The smallest absolute Gasteiger partial charge is 0.366 e. The minimum absolute atomic E-state index is 0.117. The molecular weight excluding hydrogens is 615 g/mol. The first-order valence-corrected chi connectivity index (χ1v) is 16.4. The molecule has 0 saturated carbocycles. The van der Waals surface area contributed by atoms with E-state index in [9.17, 15) is 18.8 Å². The maximum Gasteiger partial charge on any atom is 0.366 e. The molecule has 254 valence electrons. The van der Waals surface area contributed by atoms with Crippen LogP contribution in [0.1, 0.15) is 85.7 Å². The second-order valence-electron chi connectivity index (χ2n) is 11.6. The molecule has 1 aliphatic carbocycles. The van der Waals surface area contributed by atoms with Crippen LogP contribution in [0.4, 0.5) is 4.39 Å². The highest BCUT2D eigenvalue weighted by Crippen LogP contribution is 2.47. The first kappa shape index (κ1) is 35.9. The predicted octanol–water partition coefficient (Wildman–Crippen LogP) is 8.67. The quantitative estimate of drug-likeness (QED) is 0.0515. The number of ether oxygens (including phenoxy) is 5. The van der Waals surface area contributed by atoms with Gasteiger partial charge in [0.25, 0.3) is 0 Å². The van der Waals surface area contributed by atoms with Crippen LogP contribution in [0.15, 0.2) is 85.7 Å². The zero-order valence-electron chi connectivity index (χ0n) is 27.5. The van der Waals surface area contributed by atoms with Crippen LogP contribution in [0, 0.1) is 0 Å². The fraction of sp³-hybridized carbons (Fsp3) is 0.359. The van der Waals surface area contributed by atoms with E-state index >= 15 is 0 Å². The Labute approximate surface area is 281 Å². The van der Waals surface area contributed by atoms with Crippen LogP contribution >= 0.6 is 0 Å². The van der Waals surface area contributed by atoms with Gasteiger partial charge in [-0.1, -0.05) is 32.2 Å². The van der Waals surface area contributed by atoms with E-state index in [2.05, 4.69) is 32.2 Å². The van der Waals surface area contributed by atoms with E-state index < -0.39 is 17.8 Å². The van der Waals surface area contributed by atoms with Crippen LogP contribution < -0.4 is 14.2 Å². The first-order valence-electron chi connectivity index (χ1n) is 16.4. The Kier molecular flexibility index (Phi) is 13.8. The van der Waals surface area contributed by atoms with Crippen LogP contribution in [0.25, 0.3) is 11.1 Å². The van der Waals surface area contributed by atoms with Crippen LogP contribution in [0.5, 0.6) is 17.2 Å². The molecule has 48 heavy (non-hydrogen) atoms. The number of unbranched alkanes of at least 4 members (excludes halogenated alkanes) is 6. The lowest BCUT2D eigenvalue weighted by Gasteiger charge is -2.11. The summed E-state index contributed by atoms with van der Waals surface area (Å²) in [6, 6.07) is 18.8. The zero-order chi connectivity index (χ0) is 34.3. The molecule has 0 aliphatic heterocycles. The number of carbonyl (C=O) groups excluding carboxylic acids is 3. The van der Waals surface area contributed by atoms with Gasteiger partial charge in [-0.05, 0) is 122 Å². The van der Waals surface area contributed by atoms with Crippen molar-refractivity contribution in [1.82, 2.24) is 0 Å². The summed E-state index contributed by atoms with van der Waals surface area (Å²) in [5.41, 5.74) is 4.96. The average Bonchev–Trinajstić information content (AvgIpc) is 3.37. The van der Waals surface area contributed by atoms with E-state index in [1.54, 1.807) is 24.3 Å². The van der Waals surface area contributed by atoms with E-state index in [0.717, 1.165) is 67.4 Å². The Bertz CT molecular complexity index is 1580. The largest absolute Gasteiger partial charge is 0.494 e. The van der Waals surface area contributed by atoms with Gasteiger partial charge < -0.3 is 23.7 Å². The Hall–Kier alpha value is -4.92. The van der Waals surface area contributed by atoms with Gasteiger partial charge in [0.1, 0.15) is 17.2 Å². The number of esters is 3. The molecule has 1 unspecified atom stereocenters. The molecule has 1 aliphatic rings. The highest BCUT2D eigenvalue weighted by Gasteiger charge is 2.27.